The van der Waals surface area contributed by atoms with Gasteiger partial charge in [-0.05, 0) is 31.0 Å². The molecule has 2 amide bonds. The molecule has 27 heavy (non-hydrogen) atoms. The molecule has 1 N–H and O–H groups in total. The summed E-state index contributed by atoms with van der Waals surface area (Å²) < 4.78 is 0. The topological polar surface area (TPSA) is 49.4 Å². The molecule has 2 rings (SSSR count). The van der Waals surface area contributed by atoms with Crippen molar-refractivity contribution in [1.82, 2.24) is 10.2 Å². The fourth-order valence-corrected chi connectivity index (χ4v) is 3.54. The highest BCUT2D eigenvalue weighted by atomic mass is 32.2. The van der Waals surface area contributed by atoms with E-state index in [0.717, 1.165) is 16.9 Å². The number of benzene rings is 2. The van der Waals surface area contributed by atoms with E-state index >= 15 is 0 Å². The number of carbonyl (C=O) groups is 2. The number of nitrogens with zero attached hydrogens (tertiary/aromatic N) is 1. The van der Waals surface area contributed by atoms with Crippen LogP contribution < -0.4 is 5.32 Å². The molecule has 0 aliphatic rings. The fourth-order valence-electron chi connectivity index (χ4n) is 2.68. The van der Waals surface area contributed by atoms with E-state index in [1.165, 1.54) is 0 Å². The predicted molar refractivity (Wildman–Crippen MR) is 112 cm³/mol. The maximum atomic E-state index is 12.9. The normalized spacial score (nSPS) is 11.6. The molecule has 0 unspecified atom stereocenters. The second-order valence-corrected chi connectivity index (χ2v) is 7.55. The van der Waals surface area contributed by atoms with Crippen LogP contribution in [0.3, 0.4) is 0 Å². The molecule has 0 fully saturated rings. The van der Waals surface area contributed by atoms with Gasteiger partial charge in [0.05, 0.1) is 0 Å². The van der Waals surface area contributed by atoms with Gasteiger partial charge in [-0.1, -0.05) is 55.5 Å². The van der Waals surface area contributed by atoms with Crippen molar-refractivity contribution in [3.05, 3.63) is 66.2 Å². The second kappa shape index (κ2) is 11.4. The molecule has 1 atom stereocenters. The molecular formula is C22H28N2O2S. The van der Waals surface area contributed by atoms with Crippen molar-refractivity contribution in [1.29, 1.82) is 0 Å². The largest absolute Gasteiger partial charge is 0.354 e. The van der Waals surface area contributed by atoms with E-state index < -0.39 is 6.04 Å². The zero-order chi connectivity index (χ0) is 19.5. The minimum atomic E-state index is -0.494. The van der Waals surface area contributed by atoms with Crippen LogP contribution in [0.25, 0.3) is 0 Å². The van der Waals surface area contributed by atoms with Crippen LogP contribution in [-0.2, 0) is 16.1 Å². The first-order chi connectivity index (χ1) is 13.1. The van der Waals surface area contributed by atoms with Crippen LogP contribution in [0.2, 0.25) is 0 Å². The predicted octanol–water partition coefficient (Wildman–Crippen LogP) is 4.11. The quantitative estimate of drug-likeness (QED) is 0.627. The van der Waals surface area contributed by atoms with Crippen LogP contribution in [-0.4, -0.2) is 35.1 Å². The summed E-state index contributed by atoms with van der Waals surface area (Å²) in [4.78, 5) is 28.1. The first-order valence-electron chi connectivity index (χ1n) is 9.40. The van der Waals surface area contributed by atoms with Gasteiger partial charge < -0.3 is 10.2 Å². The van der Waals surface area contributed by atoms with E-state index in [0.29, 0.717) is 25.3 Å². The zero-order valence-electron chi connectivity index (χ0n) is 16.1. The van der Waals surface area contributed by atoms with Crippen molar-refractivity contribution in [3.63, 3.8) is 0 Å². The van der Waals surface area contributed by atoms with Crippen molar-refractivity contribution in [2.75, 3.05) is 12.3 Å². The Hall–Kier alpha value is -2.27. The Bertz CT molecular complexity index is 707. The Morgan fingerprint density at radius 3 is 2.30 bits per heavy atom. The Labute approximate surface area is 166 Å². The van der Waals surface area contributed by atoms with Crippen molar-refractivity contribution in [3.8, 4) is 0 Å². The number of amides is 2. The minimum Gasteiger partial charge on any atom is -0.354 e. The van der Waals surface area contributed by atoms with Gasteiger partial charge in [-0.15, -0.1) is 11.8 Å². The monoisotopic (exact) mass is 384 g/mol. The molecule has 0 aromatic heterocycles. The highest BCUT2D eigenvalue weighted by molar-refractivity contribution is 7.99. The van der Waals surface area contributed by atoms with Crippen LogP contribution in [0.15, 0.2) is 65.6 Å². The average molecular weight is 385 g/mol. The van der Waals surface area contributed by atoms with E-state index in [1.807, 2.05) is 67.6 Å². The van der Waals surface area contributed by atoms with E-state index in [2.05, 4.69) is 5.32 Å². The molecule has 4 nitrogen and oxygen atoms in total. The summed E-state index contributed by atoms with van der Waals surface area (Å²) in [6.07, 6.45) is 1.27. The lowest BCUT2D eigenvalue weighted by Gasteiger charge is -2.29. The maximum absolute atomic E-state index is 12.9. The van der Waals surface area contributed by atoms with E-state index in [1.54, 1.807) is 23.6 Å². The molecular weight excluding hydrogens is 356 g/mol. The van der Waals surface area contributed by atoms with Crippen LogP contribution in [0.5, 0.6) is 0 Å². The third-order valence-corrected chi connectivity index (χ3v) is 5.25. The SMILES string of the molecule is CCCNC(=O)[C@@H](C)N(Cc1ccccc1)C(=O)CCSc1ccccc1. The van der Waals surface area contributed by atoms with Gasteiger partial charge in [0, 0.05) is 30.2 Å². The summed E-state index contributed by atoms with van der Waals surface area (Å²) in [5, 5.41) is 2.90. The van der Waals surface area contributed by atoms with Gasteiger partial charge in [-0.2, -0.15) is 0 Å². The number of thioether (sulfide) groups is 1. The number of rotatable bonds is 10. The molecule has 0 aliphatic carbocycles. The van der Waals surface area contributed by atoms with Gasteiger partial charge >= 0.3 is 0 Å². The molecule has 0 bridgehead atoms. The molecule has 2 aromatic rings. The molecule has 0 spiro atoms. The van der Waals surface area contributed by atoms with Crippen LogP contribution in [0, 0.1) is 0 Å². The molecule has 0 aliphatic heterocycles. The summed E-state index contributed by atoms with van der Waals surface area (Å²) in [5.41, 5.74) is 1.02. The molecule has 0 radical (unpaired) electrons. The van der Waals surface area contributed by atoms with E-state index in [9.17, 15) is 9.59 Å². The lowest BCUT2D eigenvalue weighted by atomic mass is 10.1. The summed E-state index contributed by atoms with van der Waals surface area (Å²) in [7, 11) is 0. The van der Waals surface area contributed by atoms with Gasteiger partial charge in [0.25, 0.3) is 0 Å². The second-order valence-electron chi connectivity index (χ2n) is 6.39. The molecule has 2 aromatic carbocycles. The first kappa shape index (κ1) is 21.0. The standard InChI is InChI=1S/C22H28N2O2S/c1-3-15-23-22(26)18(2)24(17-19-10-6-4-7-11-19)21(25)14-16-27-20-12-8-5-9-13-20/h4-13,18H,3,14-17H2,1-2H3,(H,23,26)/t18-/m1/s1. The number of carbonyl (C=O) groups excluding carboxylic acids is 2. The lowest BCUT2D eigenvalue weighted by molar-refractivity contribution is -0.140. The fraction of sp³-hybridized carbons (Fsp3) is 0.364. The minimum absolute atomic E-state index is 0.00133. The molecule has 144 valence electrons. The van der Waals surface area contributed by atoms with Crippen molar-refractivity contribution in [2.45, 2.75) is 44.2 Å². The lowest BCUT2D eigenvalue weighted by Crippen LogP contribution is -2.47. The van der Waals surface area contributed by atoms with Crippen molar-refractivity contribution < 1.29 is 9.59 Å². The molecule has 0 saturated carbocycles. The van der Waals surface area contributed by atoms with Gasteiger partial charge in [-0.3, -0.25) is 9.59 Å². The summed E-state index contributed by atoms with van der Waals surface area (Å²) in [5.74, 6) is 0.593. The van der Waals surface area contributed by atoms with Crippen LogP contribution in [0.4, 0.5) is 0 Å². The number of hydrogen-bond donors (Lipinski definition) is 1. The smallest absolute Gasteiger partial charge is 0.242 e. The van der Waals surface area contributed by atoms with Gasteiger partial charge in [0.1, 0.15) is 6.04 Å². The van der Waals surface area contributed by atoms with Gasteiger partial charge in [0.2, 0.25) is 11.8 Å². The Balaban J connectivity index is 2.00. The average Bonchev–Trinajstić information content (AvgIpc) is 2.71. The Morgan fingerprint density at radius 2 is 1.67 bits per heavy atom. The van der Waals surface area contributed by atoms with E-state index in [4.69, 9.17) is 0 Å². The molecule has 0 heterocycles. The third kappa shape index (κ3) is 7.10. The van der Waals surface area contributed by atoms with Crippen LogP contribution >= 0.6 is 11.8 Å². The highest BCUT2D eigenvalue weighted by Gasteiger charge is 2.25. The summed E-state index contributed by atoms with van der Waals surface area (Å²) in [6, 6.07) is 19.4. The number of hydrogen-bond acceptors (Lipinski definition) is 3. The summed E-state index contributed by atoms with van der Waals surface area (Å²) >= 11 is 1.66. The third-order valence-electron chi connectivity index (χ3n) is 4.24. The summed E-state index contributed by atoms with van der Waals surface area (Å²) in [6.45, 7) is 4.88. The Kier molecular flexibility index (Phi) is 8.92. The van der Waals surface area contributed by atoms with Crippen LogP contribution in [0.1, 0.15) is 32.3 Å². The van der Waals surface area contributed by atoms with Gasteiger partial charge in [-0.25, -0.2) is 0 Å². The van der Waals surface area contributed by atoms with Crippen molar-refractivity contribution in [2.24, 2.45) is 0 Å². The van der Waals surface area contributed by atoms with E-state index in [-0.39, 0.29) is 11.8 Å². The van der Waals surface area contributed by atoms with Gasteiger partial charge in [0.15, 0.2) is 0 Å². The highest BCUT2D eigenvalue weighted by Crippen LogP contribution is 2.19. The zero-order valence-corrected chi connectivity index (χ0v) is 16.9. The Morgan fingerprint density at radius 1 is 1.04 bits per heavy atom. The molecule has 5 heteroatoms. The molecule has 0 saturated heterocycles. The van der Waals surface area contributed by atoms with Crippen molar-refractivity contribution >= 4 is 23.6 Å². The number of nitrogens with one attached hydrogen (secondary N) is 1. The maximum Gasteiger partial charge on any atom is 0.242 e. The first-order valence-corrected chi connectivity index (χ1v) is 10.4.